The van der Waals surface area contributed by atoms with Gasteiger partial charge in [-0.2, -0.15) is 0 Å². The van der Waals surface area contributed by atoms with Crippen LogP contribution >= 0.6 is 0 Å². The second-order valence-electron chi connectivity index (χ2n) is 5.37. The van der Waals surface area contributed by atoms with Gasteiger partial charge in [-0.25, -0.2) is 0 Å². The number of anilines is 1. The minimum absolute atomic E-state index is 0.0779. The van der Waals surface area contributed by atoms with Gasteiger partial charge in [-0.1, -0.05) is 6.07 Å². The first kappa shape index (κ1) is 15.8. The third-order valence-corrected chi connectivity index (χ3v) is 3.63. The van der Waals surface area contributed by atoms with E-state index in [1.165, 1.54) is 0 Å². The van der Waals surface area contributed by atoms with E-state index in [1.807, 2.05) is 13.0 Å². The number of carbonyl (C=O) groups excluding carboxylic acids is 1. The average Bonchev–Trinajstić information content (AvgIpc) is 2.50. The monoisotopic (exact) mass is 292 g/mol. The van der Waals surface area contributed by atoms with E-state index in [-0.39, 0.29) is 5.91 Å². The van der Waals surface area contributed by atoms with Gasteiger partial charge in [0.25, 0.3) is 5.91 Å². The summed E-state index contributed by atoms with van der Waals surface area (Å²) in [6, 6.07) is 5.37. The van der Waals surface area contributed by atoms with Crippen molar-refractivity contribution in [2.75, 3.05) is 32.1 Å². The molecule has 5 nitrogen and oxygen atoms in total. The largest absolute Gasteiger partial charge is 0.399 e. The molecule has 0 atom stereocenters. The Morgan fingerprint density at radius 2 is 2.19 bits per heavy atom. The van der Waals surface area contributed by atoms with Crippen molar-refractivity contribution < 1.29 is 14.3 Å². The smallest absolute Gasteiger partial charge is 0.251 e. The normalized spacial score (nSPS) is 15.9. The summed E-state index contributed by atoms with van der Waals surface area (Å²) in [5, 5.41) is 2.91. The average molecular weight is 292 g/mol. The maximum absolute atomic E-state index is 12.1. The summed E-state index contributed by atoms with van der Waals surface area (Å²) >= 11 is 0. The predicted octanol–water partition coefficient (Wildman–Crippen LogP) is 1.89. The molecule has 1 amide bonds. The molecular weight excluding hydrogens is 268 g/mol. The first-order valence-corrected chi connectivity index (χ1v) is 7.50. The zero-order chi connectivity index (χ0) is 15.1. The lowest BCUT2D eigenvalue weighted by molar-refractivity contribution is -0.0321. The Morgan fingerprint density at radius 3 is 2.95 bits per heavy atom. The first-order valence-electron chi connectivity index (χ1n) is 7.50. The molecule has 1 saturated heterocycles. The van der Waals surface area contributed by atoms with E-state index in [9.17, 15) is 4.79 Å². The SMILES string of the molecule is Cc1ccc(N)cc1C(=O)NCCCOC1CCOCC1. The second kappa shape index (κ2) is 8.00. The molecule has 1 fully saturated rings. The molecule has 0 aliphatic carbocycles. The minimum Gasteiger partial charge on any atom is -0.399 e. The van der Waals surface area contributed by atoms with Gasteiger partial charge in [0, 0.05) is 37.6 Å². The Hall–Kier alpha value is -1.59. The van der Waals surface area contributed by atoms with Crippen LogP contribution in [0.3, 0.4) is 0 Å². The number of carbonyl (C=O) groups is 1. The van der Waals surface area contributed by atoms with Gasteiger partial charge in [-0.15, -0.1) is 0 Å². The van der Waals surface area contributed by atoms with Crippen molar-refractivity contribution in [2.24, 2.45) is 0 Å². The lowest BCUT2D eigenvalue weighted by atomic mass is 10.1. The van der Waals surface area contributed by atoms with Crippen LogP contribution in [0.2, 0.25) is 0 Å². The Bertz CT molecular complexity index is 471. The van der Waals surface area contributed by atoms with E-state index in [2.05, 4.69) is 5.32 Å². The van der Waals surface area contributed by atoms with Crippen molar-refractivity contribution in [3.63, 3.8) is 0 Å². The van der Waals surface area contributed by atoms with Gasteiger partial charge < -0.3 is 20.5 Å². The number of amides is 1. The summed E-state index contributed by atoms with van der Waals surface area (Å²) in [4.78, 5) is 12.1. The molecule has 5 heteroatoms. The molecule has 1 heterocycles. The zero-order valence-corrected chi connectivity index (χ0v) is 12.6. The third kappa shape index (κ3) is 5.02. The zero-order valence-electron chi connectivity index (χ0n) is 12.6. The number of rotatable bonds is 6. The van der Waals surface area contributed by atoms with Crippen LogP contribution in [0.4, 0.5) is 5.69 Å². The Balaban J connectivity index is 1.66. The molecule has 1 aliphatic rings. The Morgan fingerprint density at radius 1 is 1.43 bits per heavy atom. The molecule has 0 aromatic heterocycles. The molecule has 116 valence electrons. The van der Waals surface area contributed by atoms with Crippen molar-refractivity contribution in [1.82, 2.24) is 5.32 Å². The van der Waals surface area contributed by atoms with Gasteiger partial charge in [0.2, 0.25) is 0 Å². The predicted molar refractivity (Wildman–Crippen MR) is 82.3 cm³/mol. The van der Waals surface area contributed by atoms with Gasteiger partial charge in [0.05, 0.1) is 6.10 Å². The fourth-order valence-electron chi connectivity index (χ4n) is 2.35. The van der Waals surface area contributed by atoms with Crippen molar-refractivity contribution in [3.8, 4) is 0 Å². The van der Waals surface area contributed by atoms with Gasteiger partial charge in [0.1, 0.15) is 0 Å². The maximum Gasteiger partial charge on any atom is 0.251 e. The second-order valence-corrected chi connectivity index (χ2v) is 5.37. The number of nitrogen functional groups attached to an aromatic ring is 1. The molecule has 1 aromatic rings. The molecule has 1 aliphatic heterocycles. The van der Waals surface area contributed by atoms with E-state index in [0.29, 0.717) is 30.5 Å². The molecule has 0 spiro atoms. The van der Waals surface area contributed by atoms with E-state index >= 15 is 0 Å². The topological polar surface area (TPSA) is 73.6 Å². The molecule has 0 bridgehead atoms. The summed E-state index contributed by atoms with van der Waals surface area (Å²) in [6.07, 6.45) is 3.05. The van der Waals surface area contributed by atoms with Crippen LogP contribution < -0.4 is 11.1 Å². The number of hydrogen-bond acceptors (Lipinski definition) is 4. The van der Waals surface area contributed by atoms with Crippen molar-refractivity contribution in [1.29, 1.82) is 0 Å². The third-order valence-electron chi connectivity index (χ3n) is 3.63. The number of ether oxygens (including phenoxy) is 2. The highest BCUT2D eigenvalue weighted by molar-refractivity contribution is 5.96. The van der Waals surface area contributed by atoms with Gasteiger partial charge >= 0.3 is 0 Å². The Kier molecular flexibility index (Phi) is 6.02. The summed E-state index contributed by atoms with van der Waals surface area (Å²) in [5.41, 5.74) is 7.89. The molecule has 3 N–H and O–H groups in total. The molecule has 0 saturated carbocycles. The molecular formula is C16H24N2O3. The van der Waals surface area contributed by atoms with Crippen molar-refractivity contribution in [2.45, 2.75) is 32.3 Å². The number of aryl methyl sites for hydroxylation is 1. The van der Waals surface area contributed by atoms with Crippen LogP contribution in [-0.2, 0) is 9.47 Å². The minimum atomic E-state index is -0.0779. The van der Waals surface area contributed by atoms with Gasteiger partial charge in [-0.3, -0.25) is 4.79 Å². The van der Waals surface area contributed by atoms with E-state index in [1.54, 1.807) is 12.1 Å². The highest BCUT2D eigenvalue weighted by Gasteiger charge is 2.13. The lowest BCUT2D eigenvalue weighted by Gasteiger charge is -2.22. The lowest BCUT2D eigenvalue weighted by Crippen LogP contribution is -2.28. The van der Waals surface area contributed by atoms with E-state index in [0.717, 1.165) is 38.0 Å². The highest BCUT2D eigenvalue weighted by Crippen LogP contribution is 2.13. The quantitative estimate of drug-likeness (QED) is 0.620. The van der Waals surface area contributed by atoms with Crippen LogP contribution in [0.1, 0.15) is 35.2 Å². The first-order chi connectivity index (χ1) is 10.2. The summed E-state index contributed by atoms with van der Waals surface area (Å²) in [7, 11) is 0. The van der Waals surface area contributed by atoms with E-state index < -0.39 is 0 Å². The number of hydrogen-bond donors (Lipinski definition) is 2. The number of benzene rings is 1. The standard InChI is InChI=1S/C16H24N2O3/c1-12-3-4-13(17)11-15(12)16(19)18-7-2-8-21-14-5-9-20-10-6-14/h3-4,11,14H,2,5-10,17H2,1H3,(H,18,19). The van der Waals surface area contributed by atoms with Crippen LogP contribution in [-0.4, -0.2) is 38.4 Å². The van der Waals surface area contributed by atoms with Crippen molar-refractivity contribution >= 4 is 11.6 Å². The van der Waals surface area contributed by atoms with Gasteiger partial charge in [0.15, 0.2) is 0 Å². The summed E-state index contributed by atoms with van der Waals surface area (Å²) < 4.78 is 11.0. The molecule has 1 aromatic carbocycles. The molecule has 2 rings (SSSR count). The fraction of sp³-hybridized carbons (Fsp3) is 0.562. The summed E-state index contributed by atoms with van der Waals surface area (Å²) in [6.45, 7) is 4.76. The fourth-order valence-corrected chi connectivity index (χ4v) is 2.35. The van der Waals surface area contributed by atoms with Crippen LogP contribution in [0.5, 0.6) is 0 Å². The highest BCUT2D eigenvalue weighted by atomic mass is 16.5. The maximum atomic E-state index is 12.1. The summed E-state index contributed by atoms with van der Waals surface area (Å²) in [5.74, 6) is -0.0779. The molecule has 21 heavy (non-hydrogen) atoms. The van der Waals surface area contributed by atoms with Crippen LogP contribution in [0.15, 0.2) is 18.2 Å². The molecule has 0 unspecified atom stereocenters. The van der Waals surface area contributed by atoms with Crippen LogP contribution in [0.25, 0.3) is 0 Å². The number of nitrogens with one attached hydrogen (secondary N) is 1. The van der Waals surface area contributed by atoms with Crippen LogP contribution in [0, 0.1) is 6.92 Å². The molecule has 0 radical (unpaired) electrons. The van der Waals surface area contributed by atoms with Gasteiger partial charge in [-0.05, 0) is 43.9 Å². The van der Waals surface area contributed by atoms with Crippen molar-refractivity contribution in [3.05, 3.63) is 29.3 Å². The Labute approximate surface area is 125 Å². The number of nitrogens with two attached hydrogens (primary N) is 1. The van der Waals surface area contributed by atoms with E-state index in [4.69, 9.17) is 15.2 Å².